The number of hydrogen-bond acceptors (Lipinski definition) is 6. The number of hydrogen-bond donors (Lipinski definition) is 1. The molecule has 0 bridgehead atoms. The second-order valence-electron chi connectivity index (χ2n) is 9.13. The minimum absolute atomic E-state index is 0.0144. The summed E-state index contributed by atoms with van der Waals surface area (Å²) in [5.74, 6) is -0.662. The van der Waals surface area contributed by atoms with E-state index in [9.17, 15) is 19.3 Å². The third kappa shape index (κ3) is 6.36. The van der Waals surface area contributed by atoms with Crippen LogP contribution in [0.4, 0.5) is 21.5 Å². The van der Waals surface area contributed by atoms with Crippen LogP contribution in [0.3, 0.4) is 0 Å². The highest BCUT2D eigenvalue weighted by Gasteiger charge is 2.26. The van der Waals surface area contributed by atoms with Crippen LogP contribution in [-0.4, -0.2) is 62.5 Å². The van der Waals surface area contributed by atoms with E-state index in [2.05, 4.69) is 27.2 Å². The van der Waals surface area contributed by atoms with E-state index in [0.717, 1.165) is 43.1 Å². The van der Waals surface area contributed by atoms with Crippen LogP contribution in [-0.2, 0) is 0 Å². The molecule has 3 aromatic carbocycles. The average molecular weight is 526 g/mol. The van der Waals surface area contributed by atoms with Gasteiger partial charge in [-0.2, -0.15) is 0 Å². The van der Waals surface area contributed by atoms with Crippen molar-refractivity contribution in [1.29, 1.82) is 0 Å². The van der Waals surface area contributed by atoms with E-state index in [1.807, 2.05) is 31.1 Å². The molecular formula is C27H29ClFN5O3. The summed E-state index contributed by atoms with van der Waals surface area (Å²) >= 11 is 5.90. The third-order valence-electron chi connectivity index (χ3n) is 6.60. The van der Waals surface area contributed by atoms with Gasteiger partial charge in [0, 0.05) is 69.8 Å². The smallest absolute Gasteiger partial charge is 0.288 e. The summed E-state index contributed by atoms with van der Waals surface area (Å²) in [7, 11) is 3.96. The summed E-state index contributed by atoms with van der Waals surface area (Å²) in [5.41, 5.74) is 2.98. The van der Waals surface area contributed by atoms with Gasteiger partial charge in [0.25, 0.3) is 11.6 Å². The lowest BCUT2D eigenvalue weighted by atomic mass is 10.0. The predicted molar refractivity (Wildman–Crippen MR) is 144 cm³/mol. The molecule has 1 fully saturated rings. The van der Waals surface area contributed by atoms with E-state index in [0.29, 0.717) is 6.54 Å². The Hall–Kier alpha value is -3.69. The Balaban J connectivity index is 1.50. The molecule has 4 rings (SSSR count). The van der Waals surface area contributed by atoms with Crippen molar-refractivity contribution in [2.45, 2.75) is 6.04 Å². The van der Waals surface area contributed by atoms with Crippen molar-refractivity contribution < 1.29 is 14.1 Å². The van der Waals surface area contributed by atoms with Gasteiger partial charge in [-0.3, -0.25) is 19.8 Å². The third-order valence-corrected chi connectivity index (χ3v) is 6.92. The summed E-state index contributed by atoms with van der Waals surface area (Å²) in [6.45, 7) is 3.34. The fourth-order valence-electron chi connectivity index (χ4n) is 4.48. The van der Waals surface area contributed by atoms with E-state index in [1.54, 1.807) is 12.1 Å². The van der Waals surface area contributed by atoms with Crippen LogP contribution in [0.15, 0.2) is 66.7 Å². The van der Waals surface area contributed by atoms with Crippen molar-refractivity contribution >= 4 is 34.6 Å². The van der Waals surface area contributed by atoms with Crippen LogP contribution >= 0.6 is 11.6 Å². The van der Waals surface area contributed by atoms with Crippen molar-refractivity contribution in [2.75, 3.05) is 56.6 Å². The van der Waals surface area contributed by atoms with Gasteiger partial charge in [0.05, 0.1) is 11.0 Å². The van der Waals surface area contributed by atoms with Crippen LogP contribution < -0.4 is 15.1 Å². The van der Waals surface area contributed by atoms with Gasteiger partial charge < -0.3 is 15.1 Å². The van der Waals surface area contributed by atoms with Gasteiger partial charge in [-0.15, -0.1) is 0 Å². The lowest BCUT2D eigenvalue weighted by Gasteiger charge is -2.40. The van der Waals surface area contributed by atoms with Gasteiger partial charge in [0.15, 0.2) is 0 Å². The zero-order valence-corrected chi connectivity index (χ0v) is 21.5. The lowest BCUT2D eigenvalue weighted by Crippen LogP contribution is -2.50. The zero-order valence-electron chi connectivity index (χ0n) is 20.7. The first-order valence-electron chi connectivity index (χ1n) is 12.0. The highest BCUT2D eigenvalue weighted by molar-refractivity contribution is 6.32. The predicted octanol–water partition coefficient (Wildman–Crippen LogP) is 4.75. The minimum Gasteiger partial charge on any atom is -0.378 e. The molecule has 1 heterocycles. The molecule has 1 unspecified atom stereocenters. The quantitative estimate of drug-likeness (QED) is 0.338. The fourth-order valence-corrected chi connectivity index (χ4v) is 4.67. The summed E-state index contributed by atoms with van der Waals surface area (Å²) in [6.07, 6.45) is 0. The first-order chi connectivity index (χ1) is 17.7. The summed E-state index contributed by atoms with van der Waals surface area (Å²) in [5, 5.41) is 14.2. The van der Waals surface area contributed by atoms with Crippen molar-refractivity contribution in [3.63, 3.8) is 0 Å². The molecule has 1 aliphatic rings. The van der Waals surface area contributed by atoms with Gasteiger partial charge in [-0.25, -0.2) is 4.39 Å². The standard InChI is InChI=1S/C27H29ClFN5O3/c1-31(2)22-8-3-19(4-9-22)26(18-30-27(35)20-5-12-24(28)25(17-20)34(36)37)33-15-13-32(14-16-33)23-10-6-21(29)7-11-23/h3-12,17,26H,13-16,18H2,1-2H3,(H,30,35). The molecule has 10 heteroatoms. The molecule has 1 N–H and O–H groups in total. The van der Waals surface area contributed by atoms with E-state index in [1.165, 1.54) is 30.3 Å². The topological polar surface area (TPSA) is 82.0 Å². The second-order valence-corrected chi connectivity index (χ2v) is 9.54. The lowest BCUT2D eigenvalue weighted by molar-refractivity contribution is -0.384. The number of nitro benzene ring substituents is 1. The maximum absolute atomic E-state index is 13.3. The number of anilines is 2. The van der Waals surface area contributed by atoms with Crippen LogP contribution in [0, 0.1) is 15.9 Å². The largest absolute Gasteiger partial charge is 0.378 e. The molecule has 1 aliphatic heterocycles. The van der Waals surface area contributed by atoms with Crippen molar-refractivity contribution in [3.05, 3.63) is 98.8 Å². The SMILES string of the molecule is CN(C)c1ccc(C(CNC(=O)c2ccc(Cl)c([N+](=O)[O-])c2)N2CCN(c3ccc(F)cc3)CC2)cc1. The number of benzene rings is 3. The Morgan fingerprint density at radius 2 is 1.70 bits per heavy atom. The van der Waals surface area contributed by atoms with Crippen molar-refractivity contribution in [2.24, 2.45) is 0 Å². The molecule has 0 spiro atoms. The molecule has 0 aromatic heterocycles. The number of halogens is 2. The Labute approximate surface area is 220 Å². The molecule has 37 heavy (non-hydrogen) atoms. The first-order valence-corrected chi connectivity index (χ1v) is 12.3. The molecular weight excluding hydrogens is 497 g/mol. The number of nitrogens with zero attached hydrogens (tertiary/aromatic N) is 4. The van der Waals surface area contributed by atoms with Gasteiger partial charge >= 0.3 is 0 Å². The Bertz CT molecular complexity index is 1250. The van der Waals surface area contributed by atoms with E-state index in [-0.39, 0.29) is 28.1 Å². The number of nitro groups is 1. The van der Waals surface area contributed by atoms with Gasteiger partial charge in [-0.1, -0.05) is 23.7 Å². The van der Waals surface area contributed by atoms with Gasteiger partial charge in [-0.05, 0) is 54.1 Å². The Morgan fingerprint density at radius 3 is 2.30 bits per heavy atom. The first kappa shape index (κ1) is 26.4. The average Bonchev–Trinajstić information content (AvgIpc) is 2.90. The zero-order chi connectivity index (χ0) is 26.5. The summed E-state index contributed by atoms with van der Waals surface area (Å²) in [4.78, 5) is 30.1. The molecule has 0 saturated carbocycles. The highest BCUT2D eigenvalue weighted by atomic mass is 35.5. The molecule has 1 saturated heterocycles. The van der Waals surface area contributed by atoms with E-state index in [4.69, 9.17) is 11.6 Å². The van der Waals surface area contributed by atoms with Crippen LogP contribution in [0.1, 0.15) is 22.0 Å². The maximum atomic E-state index is 13.3. The number of rotatable bonds is 8. The molecule has 194 valence electrons. The van der Waals surface area contributed by atoms with E-state index >= 15 is 0 Å². The van der Waals surface area contributed by atoms with Crippen molar-refractivity contribution in [3.8, 4) is 0 Å². The second kappa shape index (κ2) is 11.6. The number of carbonyl (C=O) groups is 1. The molecule has 0 radical (unpaired) electrons. The highest BCUT2D eigenvalue weighted by Crippen LogP contribution is 2.27. The fraction of sp³-hybridized carbons (Fsp3) is 0.296. The minimum atomic E-state index is -0.602. The number of amides is 1. The number of nitrogens with one attached hydrogen (secondary N) is 1. The van der Waals surface area contributed by atoms with Crippen LogP contribution in [0.25, 0.3) is 0 Å². The molecule has 0 aliphatic carbocycles. The molecule has 8 nitrogen and oxygen atoms in total. The normalized spacial score (nSPS) is 14.8. The maximum Gasteiger partial charge on any atom is 0.288 e. The van der Waals surface area contributed by atoms with Gasteiger partial charge in [0.1, 0.15) is 10.8 Å². The number of piperazine rings is 1. The monoisotopic (exact) mass is 525 g/mol. The Morgan fingerprint density at radius 1 is 1.05 bits per heavy atom. The van der Waals surface area contributed by atoms with Crippen molar-refractivity contribution in [1.82, 2.24) is 10.2 Å². The van der Waals surface area contributed by atoms with E-state index < -0.39 is 10.8 Å². The summed E-state index contributed by atoms with van der Waals surface area (Å²) < 4.78 is 13.3. The molecule has 1 amide bonds. The van der Waals surface area contributed by atoms with Crippen LogP contribution in [0.2, 0.25) is 5.02 Å². The molecule has 3 aromatic rings. The van der Waals surface area contributed by atoms with Gasteiger partial charge in [0.2, 0.25) is 0 Å². The summed E-state index contributed by atoms with van der Waals surface area (Å²) in [6, 6.07) is 18.6. The Kier molecular flexibility index (Phi) is 8.25. The number of carbonyl (C=O) groups excluding carboxylic acids is 1. The van der Waals surface area contributed by atoms with Crippen LogP contribution in [0.5, 0.6) is 0 Å². The molecule has 1 atom stereocenters.